The van der Waals surface area contributed by atoms with Crippen LogP contribution in [0.15, 0.2) is 0 Å². The van der Waals surface area contributed by atoms with Gasteiger partial charge < -0.3 is 10.5 Å². The Hall–Kier alpha value is -0.120. The molecule has 1 fully saturated rings. The molecule has 0 aromatic carbocycles. The number of hydrogen-bond donors (Lipinski definition) is 1. The van der Waals surface area contributed by atoms with Crippen LogP contribution < -0.4 is 5.73 Å². The van der Waals surface area contributed by atoms with E-state index in [9.17, 15) is 0 Å². The number of ether oxygens (including phenoxy) is 1. The fourth-order valence-corrected chi connectivity index (χ4v) is 2.98. The third kappa shape index (κ3) is 3.94. The van der Waals surface area contributed by atoms with E-state index >= 15 is 0 Å². The summed E-state index contributed by atoms with van der Waals surface area (Å²) < 4.78 is 5.22. The number of nitrogens with two attached hydrogens (primary N) is 1. The van der Waals surface area contributed by atoms with Gasteiger partial charge in [0.1, 0.15) is 0 Å². The van der Waals surface area contributed by atoms with Crippen molar-refractivity contribution in [3.05, 3.63) is 0 Å². The van der Waals surface area contributed by atoms with Crippen LogP contribution in [0.1, 0.15) is 46.5 Å². The predicted molar refractivity (Wildman–Crippen MR) is 73.1 cm³/mol. The minimum atomic E-state index is 0.137. The molecule has 0 saturated heterocycles. The van der Waals surface area contributed by atoms with E-state index in [-0.39, 0.29) is 5.54 Å². The zero-order chi connectivity index (χ0) is 12.9. The molecule has 2 N–H and O–H groups in total. The molecule has 17 heavy (non-hydrogen) atoms. The Balaban J connectivity index is 2.62. The van der Waals surface area contributed by atoms with Crippen molar-refractivity contribution >= 4 is 0 Å². The minimum Gasteiger partial charge on any atom is -0.383 e. The van der Waals surface area contributed by atoms with Crippen LogP contribution in [0.5, 0.6) is 0 Å². The van der Waals surface area contributed by atoms with Gasteiger partial charge in [-0.2, -0.15) is 0 Å². The quantitative estimate of drug-likeness (QED) is 0.709. The molecule has 1 aliphatic rings. The maximum atomic E-state index is 6.06. The van der Waals surface area contributed by atoms with E-state index in [1.54, 1.807) is 7.11 Å². The standard InChI is InChI=1S/C14H30N2O/c1-12(2)16(8-9-17-4)14(3,11-15)10-13-6-5-7-13/h12-13H,5-11,15H2,1-4H3. The van der Waals surface area contributed by atoms with Crippen molar-refractivity contribution in [3.63, 3.8) is 0 Å². The number of rotatable bonds is 8. The maximum Gasteiger partial charge on any atom is 0.0590 e. The number of hydrogen-bond acceptors (Lipinski definition) is 3. The Morgan fingerprint density at radius 1 is 1.41 bits per heavy atom. The van der Waals surface area contributed by atoms with Crippen molar-refractivity contribution in [2.45, 2.75) is 58.0 Å². The largest absolute Gasteiger partial charge is 0.383 e. The van der Waals surface area contributed by atoms with Crippen molar-refractivity contribution in [1.29, 1.82) is 0 Å². The molecule has 0 spiro atoms. The first kappa shape index (κ1) is 14.9. The third-order valence-electron chi connectivity index (χ3n) is 4.25. The van der Waals surface area contributed by atoms with Crippen LogP contribution in [0.25, 0.3) is 0 Å². The minimum absolute atomic E-state index is 0.137. The van der Waals surface area contributed by atoms with E-state index in [1.807, 2.05) is 0 Å². The number of nitrogens with zero attached hydrogens (tertiary/aromatic N) is 1. The lowest BCUT2D eigenvalue weighted by atomic mass is 9.75. The van der Waals surface area contributed by atoms with Gasteiger partial charge in [0.15, 0.2) is 0 Å². The van der Waals surface area contributed by atoms with E-state index in [0.29, 0.717) is 6.04 Å². The van der Waals surface area contributed by atoms with Crippen LogP contribution in [-0.2, 0) is 4.74 Å². The normalized spacial score (nSPS) is 20.6. The Morgan fingerprint density at radius 2 is 2.06 bits per heavy atom. The van der Waals surface area contributed by atoms with Gasteiger partial charge in [-0.15, -0.1) is 0 Å². The van der Waals surface area contributed by atoms with Gasteiger partial charge in [-0.1, -0.05) is 19.3 Å². The molecule has 0 aromatic heterocycles. The molecule has 1 atom stereocenters. The molecule has 0 heterocycles. The average molecular weight is 242 g/mol. The van der Waals surface area contributed by atoms with Gasteiger partial charge in [0.05, 0.1) is 6.61 Å². The fourth-order valence-electron chi connectivity index (χ4n) is 2.98. The molecule has 0 amide bonds. The van der Waals surface area contributed by atoms with E-state index < -0.39 is 0 Å². The van der Waals surface area contributed by atoms with Gasteiger partial charge in [0.2, 0.25) is 0 Å². The first-order valence-corrected chi connectivity index (χ1v) is 6.99. The van der Waals surface area contributed by atoms with Gasteiger partial charge in [-0.05, 0) is 33.1 Å². The first-order valence-electron chi connectivity index (χ1n) is 6.99. The van der Waals surface area contributed by atoms with Gasteiger partial charge in [0.25, 0.3) is 0 Å². The molecule has 0 aliphatic heterocycles. The lowest BCUT2D eigenvalue weighted by Crippen LogP contribution is -2.56. The second-order valence-corrected chi connectivity index (χ2v) is 5.98. The van der Waals surface area contributed by atoms with Crippen LogP contribution in [0, 0.1) is 5.92 Å². The molecule has 3 nitrogen and oxygen atoms in total. The Morgan fingerprint density at radius 3 is 2.41 bits per heavy atom. The predicted octanol–water partition coefficient (Wildman–Crippen LogP) is 2.25. The Kier molecular flexibility index (Phi) is 5.90. The lowest BCUT2D eigenvalue weighted by Gasteiger charge is -2.46. The highest BCUT2D eigenvalue weighted by molar-refractivity contribution is 4.92. The molecular weight excluding hydrogens is 212 g/mol. The van der Waals surface area contributed by atoms with E-state index in [1.165, 1.54) is 25.7 Å². The van der Waals surface area contributed by atoms with Crippen LogP contribution in [0.2, 0.25) is 0 Å². The van der Waals surface area contributed by atoms with Crippen LogP contribution in [0.3, 0.4) is 0 Å². The SMILES string of the molecule is COCCN(C(C)C)C(C)(CN)CC1CCC1. The zero-order valence-electron chi connectivity index (χ0n) is 12.0. The third-order valence-corrected chi connectivity index (χ3v) is 4.25. The van der Waals surface area contributed by atoms with Gasteiger partial charge >= 0.3 is 0 Å². The maximum absolute atomic E-state index is 6.06. The van der Waals surface area contributed by atoms with E-state index in [2.05, 4.69) is 25.7 Å². The van der Waals surface area contributed by atoms with Crippen molar-refractivity contribution in [2.24, 2.45) is 11.7 Å². The summed E-state index contributed by atoms with van der Waals surface area (Å²) in [6.45, 7) is 9.34. The zero-order valence-corrected chi connectivity index (χ0v) is 12.0. The first-order chi connectivity index (χ1) is 8.03. The molecule has 0 radical (unpaired) electrons. The molecule has 3 heteroatoms. The van der Waals surface area contributed by atoms with Crippen LogP contribution >= 0.6 is 0 Å². The molecule has 1 rings (SSSR count). The summed E-state index contributed by atoms with van der Waals surface area (Å²) in [4.78, 5) is 2.52. The monoisotopic (exact) mass is 242 g/mol. The summed E-state index contributed by atoms with van der Waals surface area (Å²) >= 11 is 0. The van der Waals surface area contributed by atoms with Gasteiger partial charge in [-0.3, -0.25) is 4.90 Å². The average Bonchev–Trinajstić information content (AvgIpc) is 2.23. The Bertz CT molecular complexity index is 216. The summed E-state index contributed by atoms with van der Waals surface area (Å²) in [6, 6.07) is 0.527. The number of methoxy groups -OCH3 is 1. The smallest absolute Gasteiger partial charge is 0.0590 e. The molecule has 1 saturated carbocycles. The van der Waals surface area contributed by atoms with Crippen LogP contribution in [-0.4, -0.2) is 43.3 Å². The van der Waals surface area contributed by atoms with Gasteiger partial charge in [-0.25, -0.2) is 0 Å². The highest BCUT2D eigenvalue weighted by atomic mass is 16.5. The van der Waals surface area contributed by atoms with Crippen molar-refractivity contribution in [1.82, 2.24) is 4.90 Å². The highest BCUT2D eigenvalue weighted by Gasteiger charge is 2.36. The summed E-state index contributed by atoms with van der Waals surface area (Å²) in [5.41, 5.74) is 6.20. The van der Waals surface area contributed by atoms with Gasteiger partial charge in [0, 0.05) is 31.8 Å². The lowest BCUT2D eigenvalue weighted by molar-refractivity contribution is 0.0208. The van der Waals surface area contributed by atoms with Crippen molar-refractivity contribution < 1.29 is 4.74 Å². The second kappa shape index (κ2) is 6.72. The van der Waals surface area contributed by atoms with E-state index in [0.717, 1.165) is 25.6 Å². The molecule has 0 aromatic rings. The molecule has 1 aliphatic carbocycles. The summed E-state index contributed by atoms with van der Waals surface area (Å²) in [5.74, 6) is 0.896. The van der Waals surface area contributed by atoms with E-state index in [4.69, 9.17) is 10.5 Å². The summed E-state index contributed by atoms with van der Waals surface area (Å²) in [5, 5.41) is 0. The second-order valence-electron chi connectivity index (χ2n) is 5.98. The molecule has 1 unspecified atom stereocenters. The highest BCUT2D eigenvalue weighted by Crippen LogP contribution is 2.36. The molecule has 102 valence electrons. The summed E-state index contributed by atoms with van der Waals surface area (Å²) in [7, 11) is 1.77. The van der Waals surface area contributed by atoms with Crippen molar-refractivity contribution in [2.75, 3.05) is 26.8 Å². The molecule has 0 bridgehead atoms. The summed E-state index contributed by atoms with van der Waals surface area (Å²) in [6.07, 6.45) is 5.44. The topological polar surface area (TPSA) is 38.5 Å². The Labute approximate surface area is 107 Å². The van der Waals surface area contributed by atoms with Crippen molar-refractivity contribution in [3.8, 4) is 0 Å². The van der Waals surface area contributed by atoms with Crippen LogP contribution in [0.4, 0.5) is 0 Å². The fraction of sp³-hybridized carbons (Fsp3) is 1.00. The molecular formula is C14H30N2O.